The van der Waals surface area contributed by atoms with E-state index < -0.39 is 0 Å². The van der Waals surface area contributed by atoms with Gasteiger partial charge in [-0.05, 0) is 44.2 Å². The first-order chi connectivity index (χ1) is 14.9. The lowest BCUT2D eigenvalue weighted by Gasteiger charge is -2.33. The molecule has 0 atom stereocenters. The molecule has 31 heavy (non-hydrogen) atoms. The second kappa shape index (κ2) is 10.3. The van der Waals surface area contributed by atoms with Gasteiger partial charge in [0.1, 0.15) is 21.8 Å². The second-order valence-electron chi connectivity index (χ2n) is 7.79. The van der Waals surface area contributed by atoms with Gasteiger partial charge < -0.3 is 4.90 Å². The Labute approximate surface area is 193 Å². The van der Waals surface area contributed by atoms with Gasteiger partial charge in [0.2, 0.25) is 0 Å². The van der Waals surface area contributed by atoms with E-state index in [1.165, 1.54) is 23.1 Å². The number of amides is 1. The minimum Gasteiger partial charge on any atom is -0.357 e. The lowest BCUT2D eigenvalue weighted by Crippen LogP contribution is -2.37. The molecule has 0 unspecified atom stereocenters. The molecular weight excluding hydrogens is 428 g/mol. The number of rotatable bonds is 7. The van der Waals surface area contributed by atoms with E-state index in [0.717, 1.165) is 50.2 Å². The number of carbonyl (C=O) groups excluding carboxylic acids is 1. The van der Waals surface area contributed by atoms with Crippen molar-refractivity contribution in [1.29, 1.82) is 5.26 Å². The Kier molecular flexibility index (Phi) is 7.74. The van der Waals surface area contributed by atoms with Crippen LogP contribution in [0.25, 0.3) is 6.08 Å². The van der Waals surface area contributed by atoms with Gasteiger partial charge in [-0.1, -0.05) is 43.4 Å². The summed E-state index contributed by atoms with van der Waals surface area (Å²) in [4.78, 5) is 30.4. The third-order valence-corrected chi connectivity index (χ3v) is 7.08. The lowest BCUT2D eigenvalue weighted by molar-refractivity contribution is -0.121. The molecule has 3 rings (SSSR count). The van der Waals surface area contributed by atoms with Gasteiger partial charge >= 0.3 is 0 Å². The molecule has 2 fully saturated rings. The zero-order valence-corrected chi connectivity index (χ0v) is 19.8. The van der Waals surface area contributed by atoms with Crippen molar-refractivity contribution in [2.75, 3.05) is 24.5 Å². The van der Waals surface area contributed by atoms with E-state index in [1.54, 1.807) is 17.6 Å². The summed E-state index contributed by atoms with van der Waals surface area (Å²) < 4.78 is 2.24. The van der Waals surface area contributed by atoms with Crippen molar-refractivity contribution in [1.82, 2.24) is 9.47 Å². The van der Waals surface area contributed by atoms with E-state index in [-0.39, 0.29) is 17.0 Å². The van der Waals surface area contributed by atoms with Crippen LogP contribution < -0.4 is 10.5 Å². The van der Waals surface area contributed by atoms with Crippen LogP contribution in [0.4, 0.5) is 5.82 Å². The number of thiocarbonyl (C=S) groups is 1. The summed E-state index contributed by atoms with van der Waals surface area (Å²) in [6, 6.07) is 2.10. The SMILES string of the molecule is C=CCN1C(=O)/C(=C\c2c(C)c(C#N)c(=O)n(CCCC)c2N2CCCCC2)SC1=S. The monoisotopic (exact) mass is 456 g/mol. The number of unbranched alkanes of at least 4 members (excludes halogenated alkanes) is 1. The number of nitriles is 1. The molecule has 3 heterocycles. The van der Waals surface area contributed by atoms with Gasteiger partial charge in [0.15, 0.2) is 0 Å². The molecule has 8 heteroatoms. The normalized spacial score (nSPS) is 18.0. The van der Waals surface area contributed by atoms with Crippen molar-refractivity contribution in [2.45, 2.75) is 52.5 Å². The zero-order valence-electron chi connectivity index (χ0n) is 18.1. The average molecular weight is 457 g/mol. The number of nitrogens with zero attached hydrogens (tertiary/aromatic N) is 4. The van der Waals surface area contributed by atoms with Crippen LogP contribution in [0.3, 0.4) is 0 Å². The largest absolute Gasteiger partial charge is 0.357 e. The Hall–Kier alpha value is -2.37. The van der Waals surface area contributed by atoms with Crippen molar-refractivity contribution in [3.05, 3.63) is 44.6 Å². The maximum atomic E-state index is 13.2. The van der Waals surface area contributed by atoms with E-state index in [2.05, 4.69) is 24.5 Å². The summed E-state index contributed by atoms with van der Waals surface area (Å²) in [6.45, 7) is 10.2. The molecule has 0 spiro atoms. The van der Waals surface area contributed by atoms with E-state index >= 15 is 0 Å². The molecule has 0 aromatic carbocycles. The van der Waals surface area contributed by atoms with Crippen LogP contribution in [-0.2, 0) is 11.3 Å². The van der Waals surface area contributed by atoms with Crippen LogP contribution in [-0.4, -0.2) is 39.3 Å². The number of thioether (sulfide) groups is 1. The highest BCUT2D eigenvalue weighted by Gasteiger charge is 2.32. The highest BCUT2D eigenvalue weighted by atomic mass is 32.2. The number of piperidine rings is 1. The molecule has 0 saturated carbocycles. The van der Waals surface area contributed by atoms with Gasteiger partial charge in [-0.15, -0.1) is 6.58 Å². The number of carbonyl (C=O) groups is 1. The van der Waals surface area contributed by atoms with Crippen molar-refractivity contribution < 1.29 is 4.79 Å². The first kappa shape index (κ1) is 23.3. The zero-order chi connectivity index (χ0) is 22.5. The van der Waals surface area contributed by atoms with Crippen LogP contribution in [0.2, 0.25) is 0 Å². The van der Waals surface area contributed by atoms with Gasteiger partial charge in [-0.3, -0.25) is 19.1 Å². The summed E-state index contributed by atoms with van der Waals surface area (Å²) in [7, 11) is 0. The second-order valence-corrected chi connectivity index (χ2v) is 9.46. The Bertz CT molecular complexity index is 1030. The number of hydrogen-bond donors (Lipinski definition) is 0. The Balaban J connectivity index is 2.23. The number of pyridine rings is 1. The smallest absolute Gasteiger partial charge is 0.270 e. The third kappa shape index (κ3) is 4.63. The van der Waals surface area contributed by atoms with Crippen molar-refractivity contribution >= 4 is 46.1 Å². The topological polar surface area (TPSA) is 69.3 Å². The average Bonchev–Trinajstić information content (AvgIpc) is 3.03. The van der Waals surface area contributed by atoms with Gasteiger partial charge in [-0.25, -0.2) is 0 Å². The molecule has 164 valence electrons. The maximum Gasteiger partial charge on any atom is 0.270 e. The summed E-state index contributed by atoms with van der Waals surface area (Å²) in [6.07, 6.45) is 8.54. The fourth-order valence-electron chi connectivity index (χ4n) is 4.03. The first-order valence-electron chi connectivity index (χ1n) is 10.7. The molecule has 1 amide bonds. The minimum absolute atomic E-state index is 0.143. The fraction of sp³-hybridized carbons (Fsp3) is 0.478. The highest BCUT2D eigenvalue weighted by Crippen LogP contribution is 2.36. The van der Waals surface area contributed by atoms with Crippen LogP contribution in [0.15, 0.2) is 22.4 Å². The molecule has 2 aliphatic rings. The van der Waals surface area contributed by atoms with Crippen LogP contribution in [0, 0.1) is 18.3 Å². The van der Waals surface area contributed by atoms with E-state index in [9.17, 15) is 14.9 Å². The number of aromatic nitrogens is 1. The molecule has 2 aliphatic heterocycles. The third-order valence-electron chi connectivity index (χ3n) is 5.70. The molecule has 1 aromatic rings. The van der Waals surface area contributed by atoms with Gasteiger partial charge in [0, 0.05) is 31.7 Å². The first-order valence-corrected chi connectivity index (χ1v) is 12.0. The maximum absolute atomic E-state index is 13.2. The predicted octanol–water partition coefficient (Wildman–Crippen LogP) is 4.21. The molecule has 0 aliphatic carbocycles. The van der Waals surface area contributed by atoms with Gasteiger partial charge in [-0.2, -0.15) is 5.26 Å². The molecule has 0 bridgehead atoms. The van der Waals surface area contributed by atoms with Crippen LogP contribution in [0.5, 0.6) is 0 Å². The summed E-state index contributed by atoms with van der Waals surface area (Å²) in [5.41, 5.74) is 1.29. The Morgan fingerprint density at radius 1 is 1.26 bits per heavy atom. The van der Waals surface area contributed by atoms with Crippen molar-refractivity contribution in [2.24, 2.45) is 0 Å². The van der Waals surface area contributed by atoms with Gasteiger partial charge in [0.25, 0.3) is 11.5 Å². The van der Waals surface area contributed by atoms with Gasteiger partial charge in [0.05, 0.1) is 4.91 Å². The van der Waals surface area contributed by atoms with Crippen LogP contribution >= 0.6 is 24.0 Å². The molecular formula is C23H28N4O2S2. The van der Waals surface area contributed by atoms with Crippen molar-refractivity contribution in [3.63, 3.8) is 0 Å². The summed E-state index contributed by atoms with van der Waals surface area (Å²) in [5.74, 6) is 0.660. The van der Waals surface area contributed by atoms with Crippen LogP contribution in [0.1, 0.15) is 55.7 Å². The molecule has 0 N–H and O–H groups in total. The molecule has 2 saturated heterocycles. The highest BCUT2D eigenvalue weighted by molar-refractivity contribution is 8.26. The van der Waals surface area contributed by atoms with E-state index in [1.807, 2.05) is 6.08 Å². The summed E-state index contributed by atoms with van der Waals surface area (Å²) >= 11 is 6.64. The van der Waals surface area contributed by atoms with E-state index in [4.69, 9.17) is 12.2 Å². The fourth-order valence-corrected chi connectivity index (χ4v) is 5.29. The Morgan fingerprint density at radius 3 is 2.58 bits per heavy atom. The molecule has 6 nitrogen and oxygen atoms in total. The van der Waals surface area contributed by atoms with Crippen molar-refractivity contribution in [3.8, 4) is 6.07 Å². The number of anilines is 1. The molecule has 1 aromatic heterocycles. The minimum atomic E-state index is -0.245. The Morgan fingerprint density at radius 2 is 1.97 bits per heavy atom. The molecule has 0 radical (unpaired) electrons. The summed E-state index contributed by atoms with van der Waals surface area (Å²) in [5, 5.41) is 9.73. The van der Waals surface area contributed by atoms with E-state index in [0.29, 0.717) is 27.9 Å². The number of hydrogen-bond acceptors (Lipinski definition) is 6. The lowest BCUT2D eigenvalue weighted by atomic mass is 10.0. The quantitative estimate of drug-likeness (QED) is 0.348. The predicted molar refractivity (Wildman–Crippen MR) is 131 cm³/mol. The standard InChI is InChI=1S/C23H28N4O2S2/c1-4-6-13-26-20(25-11-8-7-9-12-25)17(16(3)18(15-24)21(26)28)14-19-22(29)27(10-5-2)23(30)31-19/h5,14H,2,4,6-13H2,1,3H3/b19-14+.